The summed E-state index contributed by atoms with van der Waals surface area (Å²) in [5.41, 5.74) is 6.29. The highest BCUT2D eigenvalue weighted by Gasteiger charge is 2.19. The second-order valence-corrected chi connectivity index (χ2v) is 4.84. The van der Waals surface area contributed by atoms with Crippen molar-refractivity contribution in [2.45, 2.75) is 0 Å². The van der Waals surface area contributed by atoms with Crippen molar-refractivity contribution in [1.82, 2.24) is 18.7 Å². The van der Waals surface area contributed by atoms with Crippen molar-refractivity contribution in [3.63, 3.8) is 0 Å². The molecule has 0 saturated heterocycles. The zero-order valence-electron chi connectivity index (χ0n) is 10.9. The second kappa shape index (κ2) is 5.26. The van der Waals surface area contributed by atoms with Gasteiger partial charge < -0.3 is 5.73 Å². The summed E-state index contributed by atoms with van der Waals surface area (Å²) >= 11 is 4.08. The predicted molar refractivity (Wildman–Crippen MR) is 78.9 cm³/mol. The Balaban J connectivity index is 2.23. The van der Waals surface area contributed by atoms with Crippen LogP contribution in [0.15, 0.2) is 30.5 Å². The molecule has 0 bridgehead atoms. The first-order valence-electron chi connectivity index (χ1n) is 6.05. The number of hydrogen-bond acceptors (Lipinski definition) is 5. The van der Waals surface area contributed by atoms with Crippen LogP contribution in [0.4, 0.5) is 14.7 Å². The van der Waals surface area contributed by atoms with Crippen molar-refractivity contribution in [2.75, 3.05) is 5.73 Å². The lowest BCUT2D eigenvalue weighted by Crippen LogP contribution is -2.05. The molecule has 9 heteroatoms. The summed E-state index contributed by atoms with van der Waals surface area (Å²) in [6, 6.07) is 5.17. The number of aldehydes is 1. The number of benzene rings is 1. The van der Waals surface area contributed by atoms with Crippen molar-refractivity contribution in [2.24, 2.45) is 0 Å². The van der Waals surface area contributed by atoms with Gasteiger partial charge in [0.05, 0.1) is 11.4 Å². The third kappa shape index (κ3) is 2.15. The fraction of sp³-hybridized carbons (Fsp3) is 0. The summed E-state index contributed by atoms with van der Waals surface area (Å²) in [7, 11) is 0. The van der Waals surface area contributed by atoms with E-state index in [1.807, 2.05) is 0 Å². The van der Waals surface area contributed by atoms with Gasteiger partial charge in [0, 0.05) is 11.8 Å². The van der Waals surface area contributed by atoms with Crippen molar-refractivity contribution < 1.29 is 13.6 Å². The van der Waals surface area contributed by atoms with Gasteiger partial charge in [-0.1, -0.05) is 18.9 Å². The average molecular weight is 321 g/mol. The molecule has 3 aromatic rings. The molecule has 0 radical (unpaired) electrons. The maximum absolute atomic E-state index is 14.0. The molecule has 0 amide bonds. The third-order valence-electron chi connectivity index (χ3n) is 3.07. The average Bonchev–Trinajstić information content (AvgIpc) is 3.05. The lowest BCUT2D eigenvalue weighted by atomic mass is 10.2. The minimum Gasteiger partial charge on any atom is -0.368 e. The van der Waals surface area contributed by atoms with Crippen LogP contribution in [0.5, 0.6) is 0 Å². The van der Waals surface area contributed by atoms with E-state index in [2.05, 4.69) is 23.0 Å². The fourth-order valence-corrected chi connectivity index (χ4v) is 2.29. The van der Waals surface area contributed by atoms with E-state index in [0.29, 0.717) is 11.8 Å². The summed E-state index contributed by atoms with van der Waals surface area (Å²) in [6.45, 7) is 0. The smallest absolute Gasteiger partial charge is 0.227 e. The Labute approximate surface area is 128 Å². The number of anilines is 1. The van der Waals surface area contributed by atoms with Gasteiger partial charge in [-0.15, -0.1) is 10.2 Å². The van der Waals surface area contributed by atoms with Gasteiger partial charge in [0.25, 0.3) is 0 Å². The number of halogens is 2. The van der Waals surface area contributed by atoms with E-state index < -0.39 is 11.6 Å². The number of carbonyl (C=O) groups is 1. The van der Waals surface area contributed by atoms with Gasteiger partial charge in [-0.2, -0.15) is 0 Å². The molecule has 0 saturated carbocycles. The summed E-state index contributed by atoms with van der Waals surface area (Å²) in [5, 5.41) is 7.54. The number of carbonyl (C=O) groups excluding carboxylic acids is 1. The maximum atomic E-state index is 14.0. The number of hydrogen-bond donors (Lipinski definition) is 2. The summed E-state index contributed by atoms with van der Waals surface area (Å²) in [4.78, 5) is 10.9. The zero-order chi connectivity index (χ0) is 15.9. The Morgan fingerprint density at radius 1 is 1.27 bits per heavy atom. The van der Waals surface area contributed by atoms with Crippen LogP contribution in [0.1, 0.15) is 10.5 Å². The first kappa shape index (κ1) is 14.3. The predicted octanol–water partition coefficient (Wildman–Crippen LogP) is 2.10. The van der Waals surface area contributed by atoms with Crippen LogP contribution in [0.3, 0.4) is 0 Å². The highest BCUT2D eigenvalue weighted by atomic mass is 32.1. The lowest BCUT2D eigenvalue weighted by molar-refractivity contribution is 0.111. The second-order valence-electron chi connectivity index (χ2n) is 4.41. The molecule has 0 aliphatic heterocycles. The van der Waals surface area contributed by atoms with Crippen LogP contribution < -0.4 is 5.73 Å². The molecule has 2 heterocycles. The Morgan fingerprint density at radius 3 is 2.73 bits per heavy atom. The highest BCUT2D eigenvalue weighted by Crippen LogP contribution is 2.27. The third-order valence-corrected chi connectivity index (χ3v) is 3.41. The number of aromatic nitrogens is 4. The van der Waals surface area contributed by atoms with E-state index >= 15 is 0 Å². The van der Waals surface area contributed by atoms with E-state index in [-0.39, 0.29) is 23.2 Å². The van der Waals surface area contributed by atoms with Crippen LogP contribution in [-0.4, -0.2) is 25.0 Å². The van der Waals surface area contributed by atoms with E-state index in [1.165, 1.54) is 28.4 Å². The summed E-state index contributed by atoms with van der Waals surface area (Å²) in [5.74, 6) is -2.04. The maximum Gasteiger partial charge on any atom is 0.227 e. The van der Waals surface area contributed by atoms with Gasteiger partial charge in [0.15, 0.2) is 23.7 Å². The number of nitrogen functional groups attached to an aromatic ring is 1. The SMILES string of the molecule is Nc1nnc(-c2cc(C=O)n(S)c2)n1-c1cccc(F)c1F. The van der Waals surface area contributed by atoms with Gasteiger partial charge in [0.2, 0.25) is 5.95 Å². The lowest BCUT2D eigenvalue weighted by Gasteiger charge is -2.08. The number of nitrogens with two attached hydrogens (primary N) is 1. The Hall–Kier alpha value is -2.68. The Kier molecular flexibility index (Phi) is 3.41. The van der Waals surface area contributed by atoms with Crippen molar-refractivity contribution >= 4 is 25.0 Å². The Morgan fingerprint density at radius 2 is 2.05 bits per heavy atom. The normalized spacial score (nSPS) is 10.9. The standard InChI is InChI=1S/C13H9F2N5OS/c14-9-2-1-3-10(11(9)15)20-12(17-18-13(20)16)7-4-8(6-21)19(22)5-7/h1-6,22H,(H2,16,18). The number of nitrogens with zero attached hydrogens (tertiary/aromatic N) is 4. The largest absolute Gasteiger partial charge is 0.368 e. The number of thiol groups is 1. The molecule has 0 spiro atoms. The molecular formula is C13H9F2N5OS. The molecule has 0 aliphatic rings. The van der Waals surface area contributed by atoms with E-state index in [0.717, 1.165) is 10.6 Å². The molecule has 0 unspecified atom stereocenters. The van der Waals surface area contributed by atoms with Gasteiger partial charge in [0.1, 0.15) is 0 Å². The van der Waals surface area contributed by atoms with Gasteiger partial charge in [-0.05, 0) is 18.2 Å². The molecule has 2 aromatic heterocycles. The minimum absolute atomic E-state index is 0.112. The minimum atomic E-state index is -1.07. The molecular weight excluding hydrogens is 312 g/mol. The molecule has 6 nitrogen and oxygen atoms in total. The van der Waals surface area contributed by atoms with Crippen LogP contribution >= 0.6 is 12.8 Å². The number of rotatable bonds is 3. The molecule has 3 rings (SSSR count). The molecule has 112 valence electrons. The highest BCUT2D eigenvalue weighted by molar-refractivity contribution is 7.78. The van der Waals surface area contributed by atoms with Gasteiger partial charge in [-0.25, -0.2) is 8.78 Å². The molecule has 22 heavy (non-hydrogen) atoms. The van der Waals surface area contributed by atoms with E-state index in [4.69, 9.17) is 5.73 Å². The van der Waals surface area contributed by atoms with Crippen molar-refractivity contribution in [3.8, 4) is 17.1 Å². The van der Waals surface area contributed by atoms with Crippen LogP contribution in [0.2, 0.25) is 0 Å². The monoisotopic (exact) mass is 321 g/mol. The van der Waals surface area contributed by atoms with Gasteiger partial charge in [-0.3, -0.25) is 13.3 Å². The summed E-state index contributed by atoms with van der Waals surface area (Å²) in [6.07, 6.45) is 2.09. The fourth-order valence-electron chi connectivity index (χ4n) is 2.07. The Bertz CT molecular complexity index is 873. The van der Waals surface area contributed by atoms with Crippen LogP contribution in [0.25, 0.3) is 17.1 Å². The first-order valence-corrected chi connectivity index (χ1v) is 6.45. The van der Waals surface area contributed by atoms with Crippen LogP contribution in [0, 0.1) is 11.6 Å². The zero-order valence-corrected chi connectivity index (χ0v) is 11.8. The molecule has 2 N–H and O–H groups in total. The van der Waals surface area contributed by atoms with Crippen LogP contribution in [-0.2, 0) is 0 Å². The van der Waals surface area contributed by atoms with Crippen molar-refractivity contribution in [1.29, 1.82) is 0 Å². The molecule has 0 fully saturated rings. The van der Waals surface area contributed by atoms with E-state index in [9.17, 15) is 13.6 Å². The van der Waals surface area contributed by atoms with Crippen molar-refractivity contribution in [3.05, 3.63) is 47.8 Å². The molecule has 1 aromatic carbocycles. The quantitative estimate of drug-likeness (QED) is 0.572. The first-order chi connectivity index (χ1) is 10.5. The van der Waals surface area contributed by atoms with E-state index in [1.54, 1.807) is 0 Å². The molecule has 0 atom stereocenters. The molecule has 0 aliphatic carbocycles. The van der Waals surface area contributed by atoms with Gasteiger partial charge >= 0.3 is 0 Å². The summed E-state index contributed by atoms with van der Waals surface area (Å²) < 4.78 is 29.9. The topological polar surface area (TPSA) is 78.7 Å².